The van der Waals surface area contributed by atoms with Crippen LogP contribution in [0.15, 0.2) is 35.5 Å². The third-order valence-corrected chi connectivity index (χ3v) is 17.9. The summed E-state index contributed by atoms with van der Waals surface area (Å²) in [6.07, 6.45) is 11.3. The Labute approximate surface area is 336 Å². The molecule has 0 aliphatic heterocycles. The summed E-state index contributed by atoms with van der Waals surface area (Å²) in [6.45, 7) is 11.6. The zero-order valence-corrected chi connectivity index (χ0v) is 34.7. The number of allylic oxidation sites excluding steroid dienone is 5. The topological polar surface area (TPSA) is 144 Å². The molecule has 0 aromatic heterocycles. The van der Waals surface area contributed by atoms with Crippen LogP contribution in [0.4, 0.5) is 4.39 Å². The van der Waals surface area contributed by atoms with Crippen molar-refractivity contribution in [3.05, 3.63) is 35.5 Å². The fraction of sp³-hybridized carbons (Fsp3) is 0.766. The van der Waals surface area contributed by atoms with Crippen LogP contribution in [-0.2, 0) is 33.4 Å². The molecule has 8 rings (SSSR count). The number of esters is 2. The second kappa shape index (κ2) is 14.1. The van der Waals surface area contributed by atoms with Gasteiger partial charge in [-0.15, -0.1) is 0 Å². The normalized spacial score (nSPS) is 48.3. The minimum atomic E-state index is -2.08. The average Bonchev–Trinajstić information content (AvgIpc) is 3.56. The van der Waals surface area contributed by atoms with Crippen LogP contribution < -0.4 is 0 Å². The molecule has 10 heteroatoms. The molecule has 6 saturated carbocycles. The van der Waals surface area contributed by atoms with Gasteiger partial charge < -0.3 is 19.7 Å². The van der Waals surface area contributed by atoms with E-state index in [2.05, 4.69) is 20.8 Å². The second-order valence-corrected chi connectivity index (χ2v) is 20.6. The minimum absolute atomic E-state index is 0.0483. The molecule has 0 aromatic rings. The quantitative estimate of drug-likeness (QED) is 0.245. The molecule has 9 nitrogen and oxygen atoms in total. The van der Waals surface area contributed by atoms with Crippen molar-refractivity contribution >= 4 is 29.3 Å². The minimum Gasteiger partial charge on any atom is -0.462 e. The highest BCUT2D eigenvalue weighted by atomic mass is 19.1. The van der Waals surface area contributed by atoms with Crippen LogP contribution in [0, 0.1) is 69.5 Å². The van der Waals surface area contributed by atoms with Gasteiger partial charge in [0.25, 0.3) is 0 Å². The zero-order valence-electron chi connectivity index (χ0n) is 34.7. The van der Waals surface area contributed by atoms with Crippen LogP contribution in [0.1, 0.15) is 125 Å². The summed E-state index contributed by atoms with van der Waals surface area (Å²) < 4.78 is 29.1. The SMILES string of the molecule is CC1CC2(C)C(OC(=O)CCCC(=O)OCC(=O)C3(O)C(C)CC4C5CCC6=CC(=O)C=CC6(C)C5(F)C(O)CC43C)CCC2C2C(C)CC3=CC(=O)CCC3C12. The van der Waals surface area contributed by atoms with Gasteiger partial charge in [-0.2, -0.15) is 0 Å². The van der Waals surface area contributed by atoms with Gasteiger partial charge >= 0.3 is 11.9 Å². The Morgan fingerprint density at radius 2 is 1.61 bits per heavy atom. The number of aliphatic hydroxyl groups excluding tert-OH is 1. The van der Waals surface area contributed by atoms with E-state index in [-0.39, 0.29) is 54.7 Å². The number of fused-ring (bicyclic) bond motifs is 10. The number of halogens is 1. The van der Waals surface area contributed by atoms with Gasteiger partial charge in [-0.1, -0.05) is 51.8 Å². The number of alkyl halides is 1. The van der Waals surface area contributed by atoms with Crippen molar-refractivity contribution in [1.82, 2.24) is 0 Å². The molecule has 0 bridgehead atoms. The molecule has 16 unspecified atom stereocenters. The number of aliphatic hydroxyl groups is 2. The summed E-state index contributed by atoms with van der Waals surface area (Å²) in [6, 6.07) is 0. The molecule has 0 radical (unpaired) electrons. The molecule has 0 amide bonds. The molecule has 0 saturated heterocycles. The molecule has 0 heterocycles. The first-order valence-corrected chi connectivity index (χ1v) is 21.9. The summed E-state index contributed by atoms with van der Waals surface area (Å²) >= 11 is 0. The van der Waals surface area contributed by atoms with Crippen LogP contribution >= 0.6 is 0 Å². The smallest absolute Gasteiger partial charge is 0.306 e. The Kier molecular flexibility index (Phi) is 10.1. The lowest BCUT2D eigenvalue weighted by Gasteiger charge is -2.62. The molecule has 0 aromatic carbocycles. The maximum atomic E-state index is 17.5. The molecular weight excluding hydrogens is 728 g/mol. The van der Waals surface area contributed by atoms with Gasteiger partial charge in [0.15, 0.2) is 23.8 Å². The van der Waals surface area contributed by atoms with Crippen molar-refractivity contribution in [2.75, 3.05) is 6.61 Å². The van der Waals surface area contributed by atoms with E-state index in [1.165, 1.54) is 17.7 Å². The number of carbonyl (C=O) groups is 5. The summed E-state index contributed by atoms with van der Waals surface area (Å²) in [4.78, 5) is 64.4. The highest BCUT2D eigenvalue weighted by Gasteiger charge is 2.75. The van der Waals surface area contributed by atoms with Crippen molar-refractivity contribution in [2.45, 2.75) is 148 Å². The van der Waals surface area contributed by atoms with Gasteiger partial charge in [0.2, 0.25) is 5.78 Å². The van der Waals surface area contributed by atoms with Gasteiger partial charge in [0.1, 0.15) is 11.7 Å². The van der Waals surface area contributed by atoms with Gasteiger partial charge in [-0.25, -0.2) is 4.39 Å². The van der Waals surface area contributed by atoms with Crippen LogP contribution in [0.25, 0.3) is 0 Å². The summed E-state index contributed by atoms with van der Waals surface area (Å²) in [5.41, 5.74) is -4.47. The average molecular weight is 791 g/mol. The number of rotatable bonds is 8. The van der Waals surface area contributed by atoms with Crippen LogP contribution in [0.2, 0.25) is 0 Å². The van der Waals surface area contributed by atoms with E-state index >= 15 is 4.39 Å². The Bertz CT molecular complexity index is 1830. The van der Waals surface area contributed by atoms with Crippen molar-refractivity contribution in [1.29, 1.82) is 0 Å². The van der Waals surface area contributed by atoms with Crippen molar-refractivity contribution < 1.29 is 48.0 Å². The first-order valence-electron chi connectivity index (χ1n) is 21.9. The number of hydrogen-bond donors (Lipinski definition) is 2. The lowest BCUT2D eigenvalue weighted by Crippen LogP contribution is -2.69. The number of Topliss-reactive ketones (excluding diaryl/α,β-unsaturated/α-hetero) is 1. The molecule has 6 fully saturated rings. The van der Waals surface area contributed by atoms with E-state index in [0.29, 0.717) is 66.8 Å². The summed E-state index contributed by atoms with van der Waals surface area (Å²) in [5, 5.41) is 23.8. The Hall–Kier alpha value is -2.98. The molecule has 16 atom stereocenters. The van der Waals surface area contributed by atoms with Crippen LogP contribution in [0.5, 0.6) is 0 Å². The Morgan fingerprint density at radius 1 is 0.877 bits per heavy atom. The van der Waals surface area contributed by atoms with Crippen molar-refractivity contribution in [3.63, 3.8) is 0 Å². The number of carbonyl (C=O) groups excluding carboxylic acids is 5. The maximum absolute atomic E-state index is 17.5. The van der Waals surface area contributed by atoms with Gasteiger partial charge in [-0.05, 0) is 137 Å². The standard InChI is InChI=1S/C47H63FO9/c1-25-18-28-20-30(49)11-12-32(28)41-26(2)22-43(4)34(42(25)41)14-15-38(43)57-40(54)9-7-8-39(53)56-24-37(52)47(55)27(3)19-35-33-13-10-29-21-31(50)16-17-44(29,5)46(33,48)36(51)23-45(35,47)6/h16-17,20-21,25-27,32-36,38,41-42,51,55H,7-15,18-19,22-24H2,1-6H3. The fourth-order valence-corrected chi connectivity index (χ4v) is 15.3. The molecule has 57 heavy (non-hydrogen) atoms. The number of ketones is 3. The van der Waals surface area contributed by atoms with E-state index < -0.39 is 64.3 Å². The first-order chi connectivity index (χ1) is 26.8. The van der Waals surface area contributed by atoms with E-state index in [9.17, 15) is 34.2 Å². The van der Waals surface area contributed by atoms with E-state index in [1.54, 1.807) is 26.8 Å². The number of ether oxygens (including phenoxy) is 2. The Morgan fingerprint density at radius 3 is 2.37 bits per heavy atom. The molecule has 312 valence electrons. The van der Waals surface area contributed by atoms with Gasteiger partial charge in [0.05, 0.1) is 6.10 Å². The van der Waals surface area contributed by atoms with Gasteiger partial charge in [0, 0.05) is 41.4 Å². The van der Waals surface area contributed by atoms with Crippen molar-refractivity contribution in [3.8, 4) is 0 Å². The van der Waals surface area contributed by atoms with Crippen LogP contribution in [0.3, 0.4) is 0 Å². The third kappa shape index (κ3) is 5.89. The van der Waals surface area contributed by atoms with Crippen molar-refractivity contribution in [2.24, 2.45) is 69.5 Å². The molecule has 2 N–H and O–H groups in total. The second-order valence-electron chi connectivity index (χ2n) is 20.6. The summed E-state index contributed by atoms with van der Waals surface area (Å²) in [5.74, 6) is -0.257. The Balaban J connectivity index is 0.847. The largest absolute Gasteiger partial charge is 0.462 e. The van der Waals surface area contributed by atoms with E-state index in [1.807, 2.05) is 6.08 Å². The van der Waals surface area contributed by atoms with E-state index in [4.69, 9.17) is 9.47 Å². The monoisotopic (exact) mass is 790 g/mol. The summed E-state index contributed by atoms with van der Waals surface area (Å²) in [7, 11) is 0. The lowest BCUT2D eigenvalue weighted by molar-refractivity contribution is -0.220. The lowest BCUT2D eigenvalue weighted by atomic mass is 9.44. The predicted molar refractivity (Wildman–Crippen MR) is 209 cm³/mol. The fourth-order valence-electron chi connectivity index (χ4n) is 15.3. The molecule has 8 aliphatic rings. The molecular formula is C47H63FO9. The first kappa shape index (κ1) is 40.8. The zero-order chi connectivity index (χ0) is 41.0. The molecule has 0 spiro atoms. The molecule has 8 aliphatic carbocycles. The highest BCUT2D eigenvalue weighted by molar-refractivity contribution is 6.01. The van der Waals surface area contributed by atoms with Gasteiger partial charge in [-0.3, -0.25) is 24.0 Å². The third-order valence-electron chi connectivity index (χ3n) is 17.9. The maximum Gasteiger partial charge on any atom is 0.306 e. The number of hydrogen-bond acceptors (Lipinski definition) is 9. The highest BCUT2D eigenvalue weighted by Crippen LogP contribution is 2.71. The van der Waals surface area contributed by atoms with Crippen LogP contribution in [-0.4, -0.2) is 69.6 Å². The predicted octanol–water partition coefficient (Wildman–Crippen LogP) is 7.16. The van der Waals surface area contributed by atoms with E-state index in [0.717, 1.165) is 32.1 Å².